The van der Waals surface area contributed by atoms with Crippen molar-refractivity contribution in [2.75, 3.05) is 25.4 Å². The van der Waals surface area contributed by atoms with Crippen LogP contribution in [0.5, 0.6) is 0 Å². The van der Waals surface area contributed by atoms with Gasteiger partial charge in [-0.05, 0) is 25.8 Å². The van der Waals surface area contributed by atoms with Gasteiger partial charge in [-0.15, -0.1) is 0 Å². The quantitative estimate of drug-likeness (QED) is 0.813. The Kier molecular flexibility index (Phi) is 6.07. The molecule has 1 heterocycles. The minimum absolute atomic E-state index is 0.130. The second-order valence-electron chi connectivity index (χ2n) is 4.74. The third-order valence-electron chi connectivity index (χ3n) is 3.21. The van der Waals surface area contributed by atoms with Crippen LogP contribution in [0.3, 0.4) is 0 Å². The average Bonchev–Trinajstić information content (AvgIpc) is 2.28. The van der Waals surface area contributed by atoms with Gasteiger partial charge in [0, 0.05) is 25.6 Å². The lowest BCUT2D eigenvalue weighted by atomic mass is 10.1. The van der Waals surface area contributed by atoms with Crippen molar-refractivity contribution in [2.45, 2.75) is 44.8 Å². The molecule has 4 nitrogen and oxygen atoms in total. The lowest BCUT2D eigenvalue weighted by Crippen LogP contribution is -2.49. The molecule has 1 aliphatic heterocycles. The van der Waals surface area contributed by atoms with Crippen LogP contribution in [0, 0.1) is 0 Å². The zero-order valence-electron chi connectivity index (χ0n) is 11.0. The van der Waals surface area contributed by atoms with E-state index in [1.807, 2.05) is 0 Å². The molecule has 1 fully saturated rings. The second kappa shape index (κ2) is 6.90. The van der Waals surface area contributed by atoms with Gasteiger partial charge < -0.3 is 5.32 Å². The molecule has 1 saturated heterocycles. The van der Waals surface area contributed by atoms with Crippen molar-refractivity contribution in [3.8, 4) is 0 Å². The Hall–Kier alpha value is -0.340. The summed E-state index contributed by atoms with van der Waals surface area (Å²) in [6.45, 7) is 3.46. The van der Waals surface area contributed by atoms with Crippen molar-refractivity contribution in [3.63, 3.8) is 0 Å². The molecule has 1 atom stereocenters. The summed E-state index contributed by atoms with van der Waals surface area (Å²) in [5.41, 5.74) is 0. The number of alkyl halides is 3. The summed E-state index contributed by atoms with van der Waals surface area (Å²) in [5.74, 6) is -0.434. The molecule has 0 spiro atoms. The highest BCUT2D eigenvalue weighted by molar-refractivity contribution is 7.89. The number of piperidine rings is 1. The molecule has 1 N–H and O–H groups in total. The van der Waals surface area contributed by atoms with Crippen molar-refractivity contribution >= 4 is 10.0 Å². The predicted molar refractivity (Wildman–Crippen MR) is 67.3 cm³/mol. The van der Waals surface area contributed by atoms with E-state index in [1.165, 1.54) is 4.31 Å². The van der Waals surface area contributed by atoms with E-state index in [0.717, 1.165) is 19.4 Å². The van der Waals surface area contributed by atoms with Gasteiger partial charge in [0.15, 0.2) is 0 Å². The first-order valence-electron chi connectivity index (χ1n) is 6.53. The molecule has 0 aromatic heterocycles. The van der Waals surface area contributed by atoms with E-state index in [2.05, 4.69) is 5.32 Å². The van der Waals surface area contributed by atoms with Crippen molar-refractivity contribution < 1.29 is 21.6 Å². The molecule has 0 aromatic carbocycles. The van der Waals surface area contributed by atoms with E-state index < -0.39 is 28.4 Å². The maximum Gasteiger partial charge on any atom is 0.389 e. The maximum atomic E-state index is 12.1. The number of hydrogen-bond acceptors (Lipinski definition) is 3. The van der Waals surface area contributed by atoms with Crippen molar-refractivity contribution in [1.29, 1.82) is 0 Å². The van der Waals surface area contributed by atoms with Crippen molar-refractivity contribution in [2.24, 2.45) is 0 Å². The third kappa shape index (κ3) is 5.66. The van der Waals surface area contributed by atoms with E-state index in [4.69, 9.17) is 0 Å². The van der Waals surface area contributed by atoms with Crippen LogP contribution in [0.2, 0.25) is 0 Å². The number of rotatable bonds is 6. The van der Waals surface area contributed by atoms with Crippen molar-refractivity contribution in [1.82, 2.24) is 9.62 Å². The Morgan fingerprint density at radius 1 is 1.37 bits per heavy atom. The fourth-order valence-corrected chi connectivity index (χ4v) is 4.10. The molecular formula is C11H21F3N2O2S. The van der Waals surface area contributed by atoms with Gasteiger partial charge in [-0.2, -0.15) is 17.5 Å². The summed E-state index contributed by atoms with van der Waals surface area (Å²) < 4.78 is 61.6. The molecule has 114 valence electrons. The first-order valence-corrected chi connectivity index (χ1v) is 8.14. The van der Waals surface area contributed by atoms with E-state index in [1.54, 1.807) is 6.92 Å². The summed E-state index contributed by atoms with van der Waals surface area (Å²) in [4.78, 5) is 0. The molecule has 8 heteroatoms. The molecule has 1 rings (SSSR count). The Morgan fingerprint density at radius 2 is 2.05 bits per heavy atom. The number of hydrogen-bond donors (Lipinski definition) is 1. The maximum absolute atomic E-state index is 12.1. The largest absolute Gasteiger partial charge is 0.389 e. The number of sulfonamides is 1. The first-order chi connectivity index (χ1) is 8.76. The Labute approximate surface area is 112 Å². The van der Waals surface area contributed by atoms with E-state index in [9.17, 15) is 21.6 Å². The van der Waals surface area contributed by atoms with Gasteiger partial charge in [0.05, 0.1) is 5.75 Å². The molecule has 0 aromatic rings. The lowest BCUT2D eigenvalue weighted by Gasteiger charge is -2.33. The van der Waals surface area contributed by atoms with Crippen LogP contribution in [0.25, 0.3) is 0 Å². The number of halogens is 3. The normalized spacial score (nSPS) is 21.8. The smallest absolute Gasteiger partial charge is 0.315 e. The van der Waals surface area contributed by atoms with Gasteiger partial charge in [-0.1, -0.05) is 6.92 Å². The standard InChI is InChI=1S/C11H21F3N2O2S/c1-2-16(10-5-3-7-15-9-10)19(17,18)8-4-6-11(12,13)14/h10,15H,2-9H2,1H3. The van der Waals surface area contributed by atoms with Gasteiger partial charge >= 0.3 is 6.18 Å². The molecule has 0 saturated carbocycles. The summed E-state index contributed by atoms with van der Waals surface area (Å²) in [6.07, 6.45) is -4.06. The molecule has 1 unspecified atom stereocenters. The molecule has 0 bridgehead atoms. The van der Waals surface area contributed by atoms with Crippen LogP contribution in [0.15, 0.2) is 0 Å². The molecule has 1 aliphatic rings. The number of nitrogens with zero attached hydrogens (tertiary/aromatic N) is 1. The topological polar surface area (TPSA) is 49.4 Å². The minimum atomic E-state index is -4.29. The summed E-state index contributed by atoms with van der Waals surface area (Å²) >= 11 is 0. The Bertz CT molecular complexity index is 365. The van der Waals surface area contributed by atoms with E-state index in [0.29, 0.717) is 13.1 Å². The number of nitrogens with one attached hydrogen (secondary N) is 1. The van der Waals surface area contributed by atoms with Gasteiger partial charge in [-0.3, -0.25) is 0 Å². The van der Waals surface area contributed by atoms with Gasteiger partial charge in [0.1, 0.15) is 0 Å². The van der Waals surface area contributed by atoms with Crippen LogP contribution in [-0.2, 0) is 10.0 Å². The molecule has 0 aliphatic carbocycles. The van der Waals surface area contributed by atoms with Crippen LogP contribution in [-0.4, -0.2) is 50.3 Å². The molecular weight excluding hydrogens is 281 g/mol. The zero-order chi connectivity index (χ0) is 14.5. The van der Waals surface area contributed by atoms with Crippen LogP contribution < -0.4 is 5.32 Å². The zero-order valence-corrected chi connectivity index (χ0v) is 11.9. The first kappa shape index (κ1) is 16.7. The fourth-order valence-electron chi connectivity index (χ4n) is 2.33. The third-order valence-corrected chi connectivity index (χ3v) is 5.29. The Morgan fingerprint density at radius 3 is 2.53 bits per heavy atom. The van der Waals surface area contributed by atoms with Gasteiger partial charge in [0.2, 0.25) is 10.0 Å². The summed E-state index contributed by atoms with van der Waals surface area (Å²) in [6, 6.07) is -0.130. The monoisotopic (exact) mass is 302 g/mol. The fraction of sp³-hybridized carbons (Fsp3) is 1.00. The number of likely N-dealkylation sites (N-methyl/N-ethyl adjacent to an activating group) is 1. The Balaban J connectivity index is 2.57. The van der Waals surface area contributed by atoms with Crippen molar-refractivity contribution in [3.05, 3.63) is 0 Å². The second-order valence-corrected chi connectivity index (χ2v) is 6.78. The summed E-state index contributed by atoms with van der Waals surface area (Å²) in [7, 11) is -3.60. The van der Waals surface area contributed by atoms with Crippen LogP contribution >= 0.6 is 0 Å². The van der Waals surface area contributed by atoms with Gasteiger partial charge in [0.25, 0.3) is 0 Å². The average molecular weight is 302 g/mol. The highest BCUT2D eigenvalue weighted by atomic mass is 32.2. The highest BCUT2D eigenvalue weighted by Gasteiger charge is 2.32. The SMILES string of the molecule is CCN(C1CCCNC1)S(=O)(=O)CCCC(F)(F)F. The molecule has 0 amide bonds. The minimum Gasteiger partial charge on any atom is -0.315 e. The van der Waals surface area contributed by atoms with E-state index >= 15 is 0 Å². The molecule has 19 heavy (non-hydrogen) atoms. The van der Waals surface area contributed by atoms with Gasteiger partial charge in [-0.25, -0.2) is 8.42 Å². The van der Waals surface area contributed by atoms with Crippen LogP contribution in [0.1, 0.15) is 32.6 Å². The lowest BCUT2D eigenvalue weighted by molar-refractivity contribution is -0.134. The molecule has 0 radical (unpaired) electrons. The summed E-state index contributed by atoms with van der Waals surface area (Å²) in [5, 5.41) is 3.12. The van der Waals surface area contributed by atoms with Crippen LogP contribution in [0.4, 0.5) is 13.2 Å². The predicted octanol–water partition coefficient (Wildman–Crippen LogP) is 1.73. The highest BCUT2D eigenvalue weighted by Crippen LogP contribution is 2.23. The van der Waals surface area contributed by atoms with E-state index in [-0.39, 0.29) is 12.5 Å².